The molecule has 2 unspecified atom stereocenters. The van der Waals surface area contributed by atoms with Crippen LogP contribution in [-0.4, -0.2) is 66.7 Å². The van der Waals surface area contributed by atoms with E-state index in [0.717, 1.165) is 38.5 Å². The van der Waals surface area contributed by atoms with Gasteiger partial charge in [0.05, 0.1) is 6.10 Å². The third kappa shape index (κ3) is 3.25. The fourth-order valence-corrected chi connectivity index (χ4v) is 3.16. The van der Waals surface area contributed by atoms with Crippen molar-refractivity contribution in [1.82, 2.24) is 15.2 Å². The van der Waals surface area contributed by atoms with E-state index in [9.17, 15) is 4.79 Å². The molecule has 1 amide bonds. The first-order chi connectivity index (χ1) is 9.26. The SMILES string of the molecule is NNC(=O)C1CCC(CN2CCN(C3CC3)CC2)O1. The van der Waals surface area contributed by atoms with Crippen molar-refractivity contribution in [2.45, 2.75) is 43.9 Å². The number of carbonyl (C=O) groups is 1. The topological polar surface area (TPSA) is 70.8 Å². The van der Waals surface area contributed by atoms with Crippen molar-refractivity contribution in [3.05, 3.63) is 0 Å². The second kappa shape index (κ2) is 5.75. The lowest BCUT2D eigenvalue weighted by molar-refractivity contribution is -0.132. The van der Waals surface area contributed by atoms with Gasteiger partial charge in [0.15, 0.2) is 0 Å². The number of hydrazine groups is 1. The molecular formula is C13H24N4O2. The Morgan fingerprint density at radius 1 is 1.16 bits per heavy atom. The summed E-state index contributed by atoms with van der Waals surface area (Å²) in [5, 5.41) is 0. The Bertz CT molecular complexity index is 327. The minimum absolute atomic E-state index is 0.190. The predicted octanol–water partition coefficient (Wildman–Crippen LogP) is -0.696. The molecule has 2 aliphatic heterocycles. The molecule has 0 aromatic carbocycles. The Morgan fingerprint density at radius 3 is 2.53 bits per heavy atom. The zero-order valence-electron chi connectivity index (χ0n) is 11.4. The molecule has 3 rings (SSSR count). The van der Waals surface area contributed by atoms with Crippen molar-refractivity contribution in [2.24, 2.45) is 5.84 Å². The van der Waals surface area contributed by atoms with Gasteiger partial charge >= 0.3 is 0 Å². The van der Waals surface area contributed by atoms with Crippen LogP contribution in [0.4, 0.5) is 0 Å². The molecule has 108 valence electrons. The van der Waals surface area contributed by atoms with Crippen LogP contribution in [0.3, 0.4) is 0 Å². The average molecular weight is 268 g/mol. The molecule has 6 heteroatoms. The van der Waals surface area contributed by atoms with Crippen LogP contribution in [0.2, 0.25) is 0 Å². The second-order valence-electron chi connectivity index (χ2n) is 5.90. The van der Waals surface area contributed by atoms with E-state index < -0.39 is 0 Å². The standard InChI is InChI=1S/C13H24N4O2/c14-15-13(18)12-4-3-11(19-12)9-16-5-7-17(8-6-16)10-1-2-10/h10-12H,1-9,14H2,(H,15,18). The summed E-state index contributed by atoms with van der Waals surface area (Å²) in [5.74, 6) is 4.94. The highest BCUT2D eigenvalue weighted by atomic mass is 16.5. The van der Waals surface area contributed by atoms with Gasteiger partial charge in [0.1, 0.15) is 6.10 Å². The van der Waals surface area contributed by atoms with Crippen LogP contribution in [0.5, 0.6) is 0 Å². The van der Waals surface area contributed by atoms with Gasteiger partial charge in [-0.15, -0.1) is 0 Å². The Hall–Kier alpha value is -0.690. The smallest absolute Gasteiger partial charge is 0.263 e. The highest BCUT2D eigenvalue weighted by Gasteiger charge is 2.34. The summed E-state index contributed by atoms with van der Waals surface area (Å²) in [6.45, 7) is 5.58. The van der Waals surface area contributed by atoms with Gasteiger partial charge in [-0.2, -0.15) is 0 Å². The molecule has 3 N–H and O–H groups in total. The van der Waals surface area contributed by atoms with E-state index in [1.807, 2.05) is 0 Å². The van der Waals surface area contributed by atoms with Gasteiger partial charge in [-0.3, -0.25) is 20.0 Å². The molecule has 3 fully saturated rings. The maximum atomic E-state index is 11.4. The van der Waals surface area contributed by atoms with Crippen molar-refractivity contribution >= 4 is 5.91 Å². The van der Waals surface area contributed by atoms with Crippen molar-refractivity contribution < 1.29 is 9.53 Å². The number of rotatable bonds is 4. The number of hydrogen-bond donors (Lipinski definition) is 2. The molecular weight excluding hydrogens is 244 g/mol. The summed E-state index contributed by atoms with van der Waals surface area (Å²) < 4.78 is 5.76. The summed E-state index contributed by atoms with van der Waals surface area (Å²) in [6.07, 6.45) is 4.37. The molecule has 19 heavy (non-hydrogen) atoms. The molecule has 0 radical (unpaired) electrons. The van der Waals surface area contributed by atoms with E-state index >= 15 is 0 Å². The van der Waals surface area contributed by atoms with Gasteiger partial charge in [0.2, 0.25) is 0 Å². The molecule has 0 spiro atoms. The number of hydrogen-bond acceptors (Lipinski definition) is 5. The monoisotopic (exact) mass is 268 g/mol. The largest absolute Gasteiger partial charge is 0.364 e. The van der Waals surface area contributed by atoms with Crippen LogP contribution in [-0.2, 0) is 9.53 Å². The lowest BCUT2D eigenvalue weighted by Gasteiger charge is -2.35. The lowest BCUT2D eigenvalue weighted by Crippen LogP contribution is -2.49. The lowest BCUT2D eigenvalue weighted by atomic mass is 10.1. The Labute approximate surface area is 114 Å². The summed E-state index contributed by atoms with van der Waals surface area (Å²) in [7, 11) is 0. The van der Waals surface area contributed by atoms with E-state index in [2.05, 4.69) is 15.2 Å². The van der Waals surface area contributed by atoms with Crippen molar-refractivity contribution in [3.63, 3.8) is 0 Å². The quantitative estimate of drug-likeness (QED) is 0.401. The fraction of sp³-hybridized carbons (Fsp3) is 0.923. The number of amides is 1. The maximum absolute atomic E-state index is 11.4. The van der Waals surface area contributed by atoms with Crippen LogP contribution in [0.1, 0.15) is 25.7 Å². The molecule has 1 saturated carbocycles. The minimum Gasteiger partial charge on any atom is -0.364 e. The van der Waals surface area contributed by atoms with E-state index in [4.69, 9.17) is 10.6 Å². The van der Waals surface area contributed by atoms with Crippen LogP contribution >= 0.6 is 0 Å². The number of ether oxygens (including phenoxy) is 1. The summed E-state index contributed by atoms with van der Waals surface area (Å²) in [6, 6.07) is 0.877. The summed E-state index contributed by atoms with van der Waals surface area (Å²) in [4.78, 5) is 16.5. The van der Waals surface area contributed by atoms with Crippen LogP contribution in [0, 0.1) is 0 Å². The molecule has 1 aliphatic carbocycles. The first-order valence-electron chi connectivity index (χ1n) is 7.38. The zero-order valence-corrected chi connectivity index (χ0v) is 11.4. The number of carbonyl (C=O) groups excluding carboxylic acids is 1. The maximum Gasteiger partial charge on any atom is 0.263 e. The molecule has 6 nitrogen and oxygen atoms in total. The van der Waals surface area contributed by atoms with Gasteiger partial charge in [0.25, 0.3) is 5.91 Å². The van der Waals surface area contributed by atoms with E-state index in [1.165, 1.54) is 25.9 Å². The Balaban J connectivity index is 1.39. The molecule has 2 heterocycles. The van der Waals surface area contributed by atoms with E-state index in [1.54, 1.807) is 0 Å². The molecule has 2 saturated heterocycles. The van der Waals surface area contributed by atoms with Gasteiger partial charge in [-0.25, -0.2) is 5.84 Å². The highest BCUT2D eigenvalue weighted by molar-refractivity contribution is 5.80. The molecule has 0 bridgehead atoms. The third-order valence-electron chi connectivity index (χ3n) is 4.47. The summed E-state index contributed by atoms with van der Waals surface area (Å²) >= 11 is 0. The molecule has 0 aromatic heterocycles. The fourth-order valence-electron chi connectivity index (χ4n) is 3.16. The zero-order chi connectivity index (χ0) is 13.2. The van der Waals surface area contributed by atoms with Gasteiger partial charge in [-0.1, -0.05) is 0 Å². The molecule has 0 aromatic rings. The minimum atomic E-state index is -0.345. The first-order valence-corrected chi connectivity index (χ1v) is 7.38. The predicted molar refractivity (Wildman–Crippen MR) is 71.3 cm³/mol. The number of nitrogens with zero attached hydrogens (tertiary/aromatic N) is 2. The van der Waals surface area contributed by atoms with Crippen molar-refractivity contribution in [3.8, 4) is 0 Å². The van der Waals surface area contributed by atoms with Crippen molar-refractivity contribution in [1.29, 1.82) is 0 Å². The average Bonchev–Trinajstić information content (AvgIpc) is 3.19. The van der Waals surface area contributed by atoms with Crippen LogP contribution in [0.25, 0.3) is 0 Å². The summed E-state index contributed by atoms with van der Waals surface area (Å²) in [5.41, 5.74) is 2.17. The van der Waals surface area contributed by atoms with Crippen LogP contribution < -0.4 is 11.3 Å². The van der Waals surface area contributed by atoms with E-state index in [-0.39, 0.29) is 18.1 Å². The number of piperazine rings is 1. The normalized spacial score (nSPS) is 33.5. The van der Waals surface area contributed by atoms with Gasteiger partial charge in [-0.05, 0) is 25.7 Å². The molecule has 3 aliphatic rings. The Morgan fingerprint density at radius 2 is 1.89 bits per heavy atom. The van der Waals surface area contributed by atoms with Crippen molar-refractivity contribution in [2.75, 3.05) is 32.7 Å². The highest BCUT2D eigenvalue weighted by Crippen LogP contribution is 2.28. The Kier molecular flexibility index (Phi) is 4.02. The second-order valence-corrected chi connectivity index (χ2v) is 5.90. The molecule has 2 atom stereocenters. The third-order valence-corrected chi connectivity index (χ3v) is 4.47. The van der Waals surface area contributed by atoms with E-state index in [0.29, 0.717) is 0 Å². The number of nitrogens with one attached hydrogen (secondary N) is 1. The van der Waals surface area contributed by atoms with Gasteiger partial charge < -0.3 is 4.74 Å². The van der Waals surface area contributed by atoms with Crippen LogP contribution in [0.15, 0.2) is 0 Å². The van der Waals surface area contributed by atoms with Gasteiger partial charge in [0, 0.05) is 38.8 Å². The number of nitrogens with two attached hydrogens (primary N) is 1. The first kappa shape index (κ1) is 13.3.